The lowest BCUT2D eigenvalue weighted by Crippen LogP contribution is -2.13. The zero-order chi connectivity index (χ0) is 8.27. The second kappa shape index (κ2) is 3.85. The van der Waals surface area contributed by atoms with Crippen LogP contribution in [0.25, 0.3) is 0 Å². The fourth-order valence-corrected chi connectivity index (χ4v) is 1.35. The first-order chi connectivity index (χ1) is 5.18. The number of hydrogen-bond acceptors (Lipinski definition) is 3. The molecule has 0 saturated carbocycles. The number of rotatable bonds is 2. The Kier molecular flexibility index (Phi) is 3.04. The van der Waals surface area contributed by atoms with E-state index in [-0.39, 0.29) is 0 Å². The average molecular weight is 175 g/mol. The molecule has 1 N–H and O–H groups in total. The molecule has 0 aromatic carbocycles. The van der Waals surface area contributed by atoms with Crippen LogP contribution in [0.2, 0.25) is 0 Å². The predicted molar refractivity (Wildman–Crippen MR) is 42.3 cm³/mol. The lowest BCUT2D eigenvalue weighted by molar-refractivity contribution is 0.425. The molecular weight excluding hydrogens is 164 g/mol. The van der Waals surface area contributed by atoms with E-state index >= 15 is 0 Å². The summed E-state index contributed by atoms with van der Waals surface area (Å²) < 4.78 is 22.4. The number of nitrogens with zero attached hydrogens (tertiary/aromatic N) is 1. The van der Waals surface area contributed by atoms with Gasteiger partial charge in [0.05, 0.1) is 0 Å². The third kappa shape index (κ3) is 3.00. The fraction of sp³-hybridized carbons (Fsp3) is 0.667. The molecule has 1 aliphatic heterocycles. The summed E-state index contributed by atoms with van der Waals surface area (Å²) in [5.41, 5.74) is 1.14. The largest absolute Gasteiger partial charge is 0.755 e. The van der Waals surface area contributed by atoms with Crippen molar-refractivity contribution in [2.75, 3.05) is 20.1 Å². The van der Waals surface area contributed by atoms with Crippen LogP contribution in [0.5, 0.6) is 0 Å². The van der Waals surface area contributed by atoms with Crippen molar-refractivity contribution < 1.29 is 8.76 Å². The van der Waals surface area contributed by atoms with Crippen LogP contribution in [0.15, 0.2) is 11.8 Å². The Balaban J connectivity index is 2.36. The highest BCUT2D eigenvalue weighted by Gasteiger charge is 2.10. The van der Waals surface area contributed by atoms with E-state index in [0.717, 1.165) is 25.1 Å². The Morgan fingerprint density at radius 3 is 3.00 bits per heavy atom. The standard InChI is InChI=1S/C6H12N2O2S/c1-8-3-2-6(5-8)4-7-11(9)10/h4,7H,2-3,5H2,1H3,(H,9,10)/p-1. The number of likely N-dealkylation sites (tertiary alicyclic amines) is 1. The van der Waals surface area contributed by atoms with Gasteiger partial charge in [-0.1, -0.05) is 0 Å². The van der Waals surface area contributed by atoms with Crippen LogP contribution in [-0.4, -0.2) is 33.8 Å². The Bertz CT molecular complexity index is 193. The summed E-state index contributed by atoms with van der Waals surface area (Å²) in [6.07, 6.45) is 2.52. The second-order valence-electron chi connectivity index (χ2n) is 2.64. The third-order valence-electron chi connectivity index (χ3n) is 1.65. The quantitative estimate of drug-likeness (QED) is 0.580. The molecule has 4 nitrogen and oxygen atoms in total. The zero-order valence-corrected chi connectivity index (χ0v) is 7.19. The Hall–Kier alpha value is -0.390. The highest BCUT2D eigenvalue weighted by atomic mass is 32.2. The first-order valence-electron chi connectivity index (χ1n) is 3.40. The van der Waals surface area contributed by atoms with E-state index in [4.69, 9.17) is 0 Å². The van der Waals surface area contributed by atoms with Gasteiger partial charge in [-0.05, 0) is 19.0 Å². The second-order valence-corrected chi connectivity index (χ2v) is 3.35. The Morgan fingerprint density at radius 2 is 2.55 bits per heavy atom. The van der Waals surface area contributed by atoms with E-state index in [0.29, 0.717) is 0 Å². The summed E-state index contributed by atoms with van der Waals surface area (Å²) in [5.74, 6) is 0. The van der Waals surface area contributed by atoms with Crippen LogP contribution in [0.3, 0.4) is 0 Å². The summed E-state index contributed by atoms with van der Waals surface area (Å²) >= 11 is -2.17. The zero-order valence-electron chi connectivity index (χ0n) is 6.37. The van der Waals surface area contributed by atoms with Crippen LogP contribution in [0.4, 0.5) is 0 Å². The van der Waals surface area contributed by atoms with Crippen molar-refractivity contribution in [2.45, 2.75) is 6.42 Å². The number of likely N-dealkylation sites (N-methyl/N-ethyl adjacent to an activating group) is 1. The number of hydrogen-bond donors (Lipinski definition) is 1. The molecule has 0 radical (unpaired) electrons. The van der Waals surface area contributed by atoms with E-state index in [1.165, 1.54) is 0 Å². The van der Waals surface area contributed by atoms with Crippen molar-refractivity contribution in [3.63, 3.8) is 0 Å². The maximum Gasteiger partial charge on any atom is 0.0442 e. The van der Waals surface area contributed by atoms with Gasteiger partial charge < -0.3 is 14.2 Å². The van der Waals surface area contributed by atoms with Crippen LogP contribution in [0, 0.1) is 0 Å². The Labute approximate surface area is 68.7 Å². The van der Waals surface area contributed by atoms with Gasteiger partial charge >= 0.3 is 0 Å². The van der Waals surface area contributed by atoms with Gasteiger partial charge in [0.25, 0.3) is 0 Å². The SMILES string of the molecule is CN1CCC(=CNS(=O)[O-])C1. The minimum Gasteiger partial charge on any atom is -0.755 e. The summed E-state index contributed by atoms with van der Waals surface area (Å²) in [4.78, 5) is 2.14. The van der Waals surface area contributed by atoms with E-state index in [9.17, 15) is 8.76 Å². The van der Waals surface area contributed by atoms with Gasteiger partial charge in [-0.15, -0.1) is 0 Å². The first-order valence-corrected chi connectivity index (χ1v) is 4.48. The topological polar surface area (TPSA) is 55.4 Å². The van der Waals surface area contributed by atoms with E-state index < -0.39 is 11.3 Å². The van der Waals surface area contributed by atoms with Crippen molar-refractivity contribution >= 4 is 11.3 Å². The molecule has 1 rings (SSSR count). The van der Waals surface area contributed by atoms with Crippen molar-refractivity contribution in [3.05, 3.63) is 11.8 Å². The normalized spacial score (nSPS) is 25.8. The van der Waals surface area contributed by atoms with Gasteiger partial charge in [-0.25, -0.2) is 0 Å². The monoisotopic (exact) mass is 175 g/mol. The van der Waals surface area contributed by atoms with Crippen LogP contribution < -0.4 is 4.72 Å². The molecule has 5 heteroatoms. The molecule has 0 spiro atoms. The van der Waals surface area contributed by atoms with Crippen molar-refractivity contribution in [3.8, 4) is 0 Å². The van der Waals surface area contributed by atoms with Gasteiger partial charge in [0.15, 0.2) is 0 Å². The van der Waals surface area contributed by atoms with E-state index in [1.807, 2.05) is 7.05 Å². The molecule has 1 fully saturated rings. The maximum absolute atomic E-state index is 10.1. The molecule has 0 aromatic heterocycles. The molecule has 0 aromatic rings. The molecule has 64 valence electrons. The molecule has 1 heterocycles. The summed E-state index contributed by atoms with van der Waals surface area (Å²) in [5, 5.41) is 0. The third-order valence-corrected chi connectivity index (χ3v) is 1.96. The predicted octanol–water partition coefficient (Wildman–Crippen LogP) is -0.410. The van der Waals surface area contributed by atoms with Crippen molar-refractivity contribution in [1.82, 2.24) is 9.62 Å². The smallest absolute Gasteiger partial charge is 0.0442 e. The molecule has 0 aliphatic carbocycles. The first kappa shape index (κ1) is 8.70. The fourth-order valence-electron chi connectivity index (χ4n) is 1.09. The Morgan fingerprint density at radius 1 is 1.82 bits per heavy atom. The van der Waals surface area contributed by atoms with E-state index in [1.54, 1.807) is 6.20 Å². The molecule has 1 saturated heterocycles. The lowest BCUT2D eigenvalue weighted by Gasteiger charge is -2.05. The summed E-state index contributed by atoms with van der Waals surface area (Å²) in [6, 6.07) is 0. The molecule has 0 bridgehead atoms. The molecule has 1 aliphatic rings. The van der Waals surface area contributed by atoms with Crippen molar-refractivity contribution in [1.29, 1.82) is 0 Å². The maximum atomic E-state index is 10.1. The number of nitrogens with one attached hydrogen (secondary N) is 1. The molecule has 11 heavy (non-hydrogen) atoms. The minimum absolute atomic E-state index is 0.865. The van der Waals surface area contributed by atoms with Gasteiger partial charge in [0, 0.05) is 30.6 Å². The van der Waals surface area contributed by atoms with Gasteiger partial charge in [-0.3, -0.25) is 4.21 Å². The highest BCUT2D eigenvalue weighted by Crippen LogP contribution is 2.11. The highest BCUT2D eigenvalue weighted by molar-refractivity contribution is 7.77. The average Bonchev–Trinajstić information content (AvgIpc) is 2.31. The lowest BCUT2D eigenvalue weighted by atomic mass is 10.3. The molecule has 1 unspecified atom stereocenters. The van der Waals surface area contributed by atoms with E-state index in [2.05, 4.69) is 9.62 Å². The van der Waals surface area contributed by atoms with Crippen molar-refractivity contribution in [2.24, 2.45) is 0 Å². The van der Waals surface area contributed by atoms with Crippen LogP contribution >= 0.6 is 0 Å². The summed E-state index contributed by atoms with van der Waals surface area (Å²) in [7, 11) is 2.01. The van der Waals surface area contributed by atoms with Gasteiger partial charge in [0.1, 0.15) is 0 Å². The summed E-state index contributed by atoms with van der Waals surface area (Å²) in [6.45, 7) is 1.88. The molecule has 0 amide bonds. The van der Waals surface area contributed by atoms with Gasteiger partial charge in [0.2, 0.25) is 0 Å². The minimum atomic E-state index is -2.17. The van der Waals surface area contributed by atoms with Gasteiger partial charge in [-0.2, -0.15) is 0 Å². The van der Waals surface area contributed by atoms with Crippen LogP contribution in [-0.2, 0) is 11.3 Å². The molecule has 1 atom stereocenters. The van der Waals surface area contributed by atoms with Crippen LogP contribution in [0.1, 0.15) is 6.42 Å². The molecular formula is C6H11N2O2S-.